The van der Waals surface area contributed by atoms with E-state index in [1.165, 1.54) is 6.92 Å². The van der Waals surface area contributed by atoms with Gasteiger partial charge in [0, 0.05) is 26.2 Å². The number of rotatable bonds is 9. The molecule has 0 N–H and O–H groups in total. The van der Waals surface area contributed by atoms with Gasteiger partial charge in [-0.25, -0.2) is 0 Å². The van der Waals surface area contributed by atoms with Crippen LogP contribution in [-0.4, -0.2) is 37.4 Å². The second-order valence-corrected chi connectivity index (χ2v) is 3.16. The van der Waals surface area contributed by atoms with Crippen LogP contribution >= 0.6 is 0 Å². The molecule has 98 valence electrons. The van der Waals surface area contributed by atoms with Crippen LogP contribution in [0.5, 0.6) is 0 Å². The maximum absolute atomic E-state index is 11.8. The minimum atomic E-state index is -1.72. The van der Waals surface area contributed by atoms with Gasteiger partial charge in [-0.1, -0.05) is 0 Å². The van der Waals surface area contributed by atoms with Crippen molar-refractivity contribution in [3.63, 3.8) is 0 Å². The third-order valence-corrected chi connectivity index (χ3v) is 1.75. The second-order valence-electron chi connectivity index (χ2n) is 3.16. The summed E-state index contributed by atoms with van der Waals surface area (Å²) in [5.74, 6) is -2.46. The van der Waals surface area contributed by atoms with Gasteiger partial charge in [0.05, 0.1) is 26.2 Å². The van der Waals surface area contributed by atoms with Crippen LogP contribution in [0.2, 0.25) is 0 Å². The molecular weight excluding hydrogens is 303 g/mol. The molecule has 0 bridgehead atoms. The van der Waals surface area contributed by atoms with E-state index in [2.05, 4.69) is 0 Å². The van der Waals surface area contributed by atoms with E-state index in [4.69, 9.17) is 14.2 Å². The van der Waals surface area contributed by atoms with E-state index in [-0.39, 0.29) is 58.2 Å². The van der Waals surface area contributed by atoms with Gasteiger partial charge in [-0.2, -0.15) is 0 Å². The number of hydrogen-bond acceptors (Lipinski definition) is 5. The molecule has 0 saturated heterocycles. The van der Waals surface area contributed by atoms with Gasteiger partial charge in [-0.05, 0) is 27.7 Å². The Morgan fingerprint density at radius 3 is 1.53 bits per heavy atom. The maximum atomic E-state index is 11.8. The molecule has 0 radical (unpaired) electrons. The zero-order valence-electron chi connectivity index (χ0n) is 10.9. The van der Waals surface area contributed by atoms with Gasteiger partial charge in [0.2, 0.25) is 5.78 Å². The molecule has 0 rings (SSSR count). The Hall–Kier alpha value is 0.103. The predicted molar refractivity (Wildman–Crippen MR) is 57.9 cm³/mol. The van der Waals surface area contributed by atoms with Gasteiger partial charge < -0.3 is 14.2 Å². The Balaban J connectivity index is 0. The van der Waals surface area contributed by atoms with Crippen molar-refractivity contribution in [3.8, 4) is 0 Å². The Morgan fingerprint density at radius 2 is 1.29 bits per heavy atom. The van der Waals surface area contributed by atoms with Gasteiger partial charge in [-0.15, -0.1) is 0 Å². The monoisotopic (exact) mass is 322 g/mol. The molecule has 0 fully saturated rings. The zero-order valence-corrected chi connectivity index (χ0v) is 13.3. The normalized spacial score (nSPS) is 10.8. The van der Waals surface area contributed by atoms with Gasteiger partial charge in [0.15, 0.2) is 0 Å². The van der Waals surface area contributed by atoms with E-state index in [9.17, 15) is 9.59 Å². The summed E-state index contributed by atoms with van der Waals surface area (Å²) in [6, 6.07) is 0. The number of hydrogen-bond donors (Lipinski definition) is 0. The quantitative estimate of drug-likeness (QED) is 0.473. The van der Waals surface area contributed by atoms with Gasteiger partial charge >= 0.3 is 5.97 Å². The number of carbonyl (C=O) groups excluding carboxylic acids is 2. The van der Waals surface area contributed by atoms with Crippen LogP contribution in [0, 0.1) is 0 Å². The van der Waals surface area contributed by atoms with Crippen LogP contribution in [0.1, 0.15) is 34.1 Å². The summed E-state index contributed by atoms with van der Waals surface area (Å²) in [7, 11) is 0. The van der Waals surface area contributed by atoms with Crippen LogP contribution in [0.4, 0.5) is 0 Å². The molecule has 0 aromatic rings. The molecule has 0 saturated carbocycles. The third-order valence-electron chi connectivity index (χ3n) is 1.75. The molecule has 0 spiro atoms. The van der Waals surface area contributed by atoms with Crippen LogP contribution in [0.25, 0.3) is 0 Å². The largest absolute Gasteiger partial charge is 0.347 e. The molecule has 0 unspecified atom stereocenters. The Morgan fingerprint density at radius 1 is 0.941 bits per heavy atom. The van der Waals surface area contributed by atoms with Crippen molar-refractivity contribution in [2.75, 3.05) is 19.8 Å². The SMILES string of the molecule is CCOC(OCC)(OCC)C(=O)CC(C)=O.[Zr]. The zero-order chi connectivity index (χ0) is 12.6. The van der Waals surface area contributed by atoms with Crippen molar-refractivity contribution < 1.29 is 50.0 Å². The molecule has 0 heterocycles. The molecule has 0 aromatic carbocycles. The smallest absolute Gasteiger partial charge is 0.322 e. The molecule has 0 aliphatic heterocycles. The molecule has 0 aliphatic carbocycles. The van der Waals surface area contributed by atoms with Gasteiger partial charge in [0.25, 0.3) is 0 Å². The van der Waals surface area contributed by atoms with Gasteiger partial charge in [-0.3, -0.25) is 9.59 Å². The van der Waals surface area contributed by atoms with E-state index in [0.717, 1.165) is 0 Å². The van der Waals surface area contributed by atoms with E-state index in [0.29, 0.717) is 0 Å². The fraction of sp³-hybridized carbons (Fsp3) is 0.818. The fourth-order valence-electron chi connectivity index (χ4n) is 1.27. The van der Waals surface area contributed by atoms with E-state index in [1.54, 1.807) is 20.8 Å². The first-order valence-corrected chi connectivity index (χ1v) is 5.47. The Kier molecular flexibility index (Phi) is 11.5. The van der Waals surface area contributed by atoms with Crippen molar-refractivity contribution in [3.05, 3.63) is 0 Å². The molecule has 6 heteroatoms. The van der Waals surface area contributed by atoms with E-state index in [1.807, 2.05) is 0 Å². The molecule has 0 atom stereocenters. The van der Waals surface area contributed by atoms with E-state index >= 15 is 0 Å². The summed E-state index contributed by atoms with van der Waals surface area (Å²) in [5, 5.41) is 0. The average Bonchev–Trinajstić information content (AvgIpc) is 2.17. The van der Waals surface area contributed by atoms with Crippen molar-refractivity contribution in [2.45, 2.75) is 40.1 Å². The maximum Gasteiger partial charge on any atom is 0.347 e. The molecule has 0 amide bonds. The van der Waals surface area contributed by atoms with Crippen LogP contribution in [-0.2, 0) is 50.0 Å². The molecule has 17 heavy (non-hydrogen) atoms. The van der Waals surface area contributed by atoms with Crippen molar-refractivity contribution in [1.82, 2.24) is 0 Å². The standard InChI is InChI=1S/C11H20O5.Zr/c1-5-14-11(15-6-2,16-7-3)10(13)8-9(4)12;/h5-8H2,1-4H3;. The van der Waals surface area contributed by atoms with Crippen molar-refractivity contribution >= 4 is 11.6 Å². The first-order valence-electron chi connectivity index (χ1n) is 5.47. The minimum absolute atomic E-state index is 0. The second kappa shape index (κ2) is 10.1. The average molecular weight is 323 g/mol. The third kappa shape index (κ3) is 6.56. The Labute approximate surface area is 121 Å². The Bertz CT molecular complexity index is 225. The van der Waals surface area contributed by atoms with Crippen molar-refractivity contribution in [2.24, 2.45) is 0 Å². The molecule has 5 nitrogen and oxygen atoms in total. The number of carbonyl (C=O) groups is 2. The van der Waals surface area contributed by atoms with Gasteiger partial charge in [0.1, 0.15) is 5.78 Å². The number of ether oxygens (including phenoxy) is 3. The van der Waals surface area contributed by atoms with Crippen LogP contribution in [0.15, 0.2) is 0 Å². The summed E-state index contributed by atoms with van der Waals surface area (Å²) in [6.45, 7) is 7.33. The van der Waals surface area contributed by atoms with Crippen LogP contribution in [0.3, 0.4) is 0 Å². The molecular formula is C11H20O5Zr. The van der Waals surface area contributed by atoms with Crippen molar-refractivity contribution in [1.29, 1.82) is 0 Å². The summed E-state index contributed by atoms with van der Waals surface area (Å²) in [4.78, 5) is 22.8. The fourth-order valence-corrected chi connectivity index (χ4v) is 1.27. The summed E-state index contributed by atoms with van der Waals surface area (Å²) < 4.78 is 15.7. The minimum Gasteiger partial charge on any atom is -0.322 e. The van der Waals surface area contributed by atoms with Crippen LogP contribution < -0.4 is 0 Å². The molecule has 0 aromatic heterocycles. The topological polar surface area (TPSA) is 61.8 Å². The summed E-state index contributed by atoms with van der Waals surface area (Å²) in [5.41, 5.74) is 0. The summed E-state index contributed by atoms with van der Waals surface area (Å²) >= 11 is 0. The predicted octanol–water partition coefficient (Wildman–Crippen LogP) is 1.30. The summed E-state index contributed by atoms with van der Waals surface area (Å²) in [6.07, 6.45) is -0.250. The first-order chi connectivity index (χ1) is 7.52. The molecule has 0 aliphatic rings. The first kappa shape index (κ1) is 19.4. The van der Waals surface area contributed by atoms with E-state index < -0.39 is 11.8 Å². The number of ketones is 2. The number of Topliss-reactive ketones (excluding diaryl/α,β-unsaturated/α-hetero) is 2.